The van der Waals surface area contributed by atoms with E-state index in [1.54, 1.807) is 0 Å². The van der Waals surface area contributed by atoms with Crippen molar-refractivity contribution in [3.8, 4) is 0 Å². The summed E-state index contributed by atoms with van der Waals surface area (Å²) in [6, 6.07) is 2.67. The highest BCUT2D eigenvalue weighted by molar-refractivity contribution is 8.18. The topological polar surface area (TPSA) is 107 Å². The molecule has 24 heavy (non-hydrogen) atoms. The number of hydrogen-bond acceptors (Lipinski definition) is 7. The van der Waals surface area contributed by atoms with Crippen molar-refractivity contribution in [1.29, 1.82) is 0 Å². The maximum atomic E-state index is 12.3. The minimum atomic E-state index is -1.08. The molecule has 0 N–H and O–H groups in total. The Bertz CT molecular complexity index is 779. The van der Waals surface area contributed by atoms with Crippen molar-refractivity contribution >= 4 is 52.2 Å². The molecule has 0 saturated carbocycles. The molecule has 126 valence electrons. The number of benzene rings is 1. The maximum Gasteiger partial charge on any atom is 0.328 e. The molecule has 1 aliphatic rings. The highest BCUT2D eigenvalue weighted by atomic mass is 35.5. The standard InChI is InChI=1S/C14H11ClN2O6S/c1-7(13(19)23-2)16-12(18)11(24-14(16)20)6-8-5-9(17(21)22)3-4-10(8)15/h3-7H,1-2H3/b11-6+/t7-/m0/s1. The van der Waals surface area contributed by atoms with Gasteiger partial charge in [0.15, 0.2) is 0 Å². The second kappa shape index (κ2) is 7.02. The summed E-state index contributed by atoms with van der Waals surface area (Å²) in [5, 5.41) is 10.4. The zero-order valence-electron chi connectivity index (χ0n) is 12.5. The van der Waals surface area contributed by atoms with Crippen LogP contribution in [0.4, 0.5) is 10.5 Å². The maximum absolute atomic E-state index is 12.3. The fourth-order valence-corrected chi connectivity index (χ4v) is 3.06. The molecule has 1 saturated heterocycles. The Kier molecular flexibility index (Phi) is 5.25. The molecule has 8 nitrogen and oxygen atoms in total. The van der Waals surface area contributed by atoms with Crippen LogP contribution in [0, 0.1) is 10.1 Å². The summed E-state index contributed by atoms with van der Waals surface area (Å²) in [7, 11) is 1.15. The van der Waals surface area contributed by atoms with E-state index in [4.69, 9.17) is 11.6 Å². The first kappa shape index (κ1) is 18.0. The van der Waals surface area contributed by atoms with Gasteiger partial charge in [-0.1, -0.05) is 11.6 Å². The smallest absolute Gasteiger partial charge is 0.328 e. The number of nitrogens with zero attached hydrogens (tertiary/aromatic N) is 2. The highest BCUT2D eigenvalue weighted by Gasteiger charge is 2.41. The highest BCUT2D eigenvalue weighted by Crippen LogP contribution is 2.35. The molecule has 2 amide bonds. The first-order valence-corrected chi connectivity index (χ1v) is 7.74. The van der Waals surface area contributed by atoms with E-state index in [1.165, 1.54) is 31.2 Å². The number of amides is 2. The Morgan fingerprint density at radius 3 is 2.71 bits per heavy atom. The molecule has 1 aliphatic heterocycles. The van der Waals surface area contributed by atoms with Crippen LogP contribution in [0.3, 0.4) is 0 Å². The van der Waals surface area contributed by atoms with Crippen molar-refractivity contribution in [1.82, 2.24) is 4.90 Å². The number of esters is 1. The fourth-order valence-electron chi connectivity index (χ4n) is 1.99. The molecule has 2 rings (SSSR count). The average molecular weight is 371 g/mol. The van der Waals surface area contributed by atoms with E-state index < -0.39 is 28.1 Å². The van der Waals surface area contributed by atoms with Gasteiger partial charge in [0.25, 0.3) is 16.8 Å². The quantitative estimate of drug-likeness (QED) is 0.347. The van der Waals surface area contributed by atoms with E-state index in [2.05, 4.69) is 4.74 Å². The molecule has 0 spiro atoms. The summed E-state index contributed by atoms with van der Waals surface area (Å²) in [6.07, 6.45) is 1.28. The van der Waals surface area contributed by atoms with Gasteiger partial charge in [0, 0.05) is 22.7 Å². The minimum Gasteiger partial charge on any atom is -0.467 e. The Hall–Kier alpha value is -2.39. The monoisotopic (exact) mass is 370 g/mol. The van der Waals surface area contributed by atoms with E-state index in [-0.39, 0.29) is 21.2 Å². The van der Waals surface area contributed by atoms with Crippen LogP contribution in [0.1, 0.15) is 12.5 Å². The van der Waals surface area contributed by atoms with Gasteiger partial charge in [-0.05, 0) is 30.8 Å². The summed E-state index contributed by atoms with van der Waals surface area (Å²) in [5.74, 6) is -1.42. The predicted octanol–water partition coefficient (Wildman–Crippen LogP) is 2.85. The summed E-state index contributed by atoms with van der Waals surface area (Å²) in [4.78, 5) is 46.9. The second-order valence-corrected chi connectivity index (χ2v) is 6.11. The first-order valence-electron chi connectivity index (χ1n) is 6.55. The fraction of sp³-hybridized carbons (Fsp3) is 0.214. The van der Waals surface area contributed by atoms with Crippen molar-refractivity contribution in [3.63, 3.8) is 0 Å². The molecular formula is C14H11ClN2O6S. The first-order chi connectivity index (χ1) is 11.3. The number of hydrogen-bond donors (Lipinski definition) is 0. The van der Waals surface area contributed by atoms with Crippen molar-refractivity contribution in [2.24, 2.45) is 0 Å². The van der Waals surface area contributed by atoms with Crippen LogP contribution >= 0.6 is 23.4 Å². The average Bonchev–Trinajstić information content (AvgIpc) is 2.81. The number of rotatable bonds is 4. The number of ether oxygens (including phenoxy) is 1. The van der Waals surface area contributed by atoms with Crippen molar-refractivity contribution in [2.75, 3.05) is 7.11 Å². The van der Waals surface area contributed by atoms with Gasteiger partial charge >= 0.3 is 5.97 Å². The SMILES string of the molecule is COC(=O)[C@H](C)N1C(=O)S/C(=C/c2cc([N+](=O)[O-])ccc2Cl)C1=O. The van der Waals surface area contributed by atoms with Gasteiger partial charge in [0.05, 0.1) is 16.9 Å². The summed E-state index contributed by atoms with van der Waals surface area (Å²) in [6.45, 7) is 1.37. The zero-order valence-corrected chi connectivity index (χ0v) is 14.1. The van der Waals surface area contributed by atoms with Crippen molar-refractivity contribution in [3.05, 3.63) is 43.8 Å². The van der Waals surface area contributed by atoms with Gasteiger partial charge in [-0.25, -0.2) is 4.79 Å². The molecule has 0 radical (unpaired) electrons. The van der Waals surface area contributed by atoms with Crippen LogP contribution in [-0.2, 0) is 14.3 Å². The number of thioether (sulfide) groups is 1. The molecule has 1 atom stereocenters. The number of imide groups is 1. The lowest BCUT2D eigenvalue weighted by molar-refractivity contribution is -0.384. The van der Waals surface area contributed by atoms with E-state index in [0.29, 0.717) is 11.8 Å². The van der Waals surface area contributed by atoms with Crippen LogP contribution in [0.2, 0.25) is 5.02 Å². The third-order valence-electron chi connectivity index (χ3n) is 3.23. The van der Waals surface area contributed by atoms with E-state index in [0.717, 1.165) is 12.0 Å². The molecule has 1 aromatic rings. The lowest BCUT2D eigenvalue weighted by Crippen LogP contribution is -2.42. The second-order valence-electron chi connectivity index (χ2n) is 4.71. The Labute approximate surface area is 145 Å². The number of nitro groups is 1. The number of methoxy groups -OCH3 is 1. The van der Waals surface area contributed by atoms with Gasteiger partial charge in [0.1, 0.15) is 6.04 Å². The third kappa shape index (κ3) is 3.41. The Balaban J connectivity index is 2.37. The van der Waals surface area contributed by atoms with E-state index in [9.17, 15) is 24.5 Å². The van der Waals surface area contributed by atoms with Gasteiger partial charge in [0.2, 0.25) is 0 Å². The van der Waals surface area contributed by atoms with Crippen LogP contribution < -0.4 is 0 Å². The van der Waals surface area contributed by atoms with E-state index in [1.807, 2.05) is 0 Å². The molecule has 0 aromatic heterocycles. The molecule has 1 heterocycles. The normalized spacial score (nSPS) is 17.3. The van der Waals surface area contributed by atoms with Gasteiger partial charge in [-0.3, -0.25) is 24.6 Å². The Morgan fingerprint density at radius 1 is 1.46 bits per heavy atom. The molecule has 0 bridgehead atoms. The third-order valence-corrected chi connectivity index (χ3v) is 4.46. The summed E-state index contributed by atoms with van der Waals surface area (Å²) in [5.41, 5.74) is 0.0231. The molecule has 1 aromatic carbocycles. The predicted molar refractivity (Wildman–Crippen MR) is 87.4 cm³/mol. The zero-order chi connectivity index (χ0) is 18.0. The molecule has 10 heteroatoms. The van der Waals surface area contributed by atoms with Gasteiger partial charge in [-0.15, -0.1) is 0 Å². The molecular weight excluding hydrogens is 360 g/mol. The molecule has 1 fully saturated rings. The largest absolute Gasteiger partial charge is 0.467 e. The van der Waals surface area contributed by atoms with Crippen LogP contribution in [-0.4, -0.2) is 40.1 Å². The number of non-ortho nitro benzene ring substituents is 1. The molecule has 0 aliphatic carbocycles. The van der Waals surface area contributed by atoms with Crippen molar-refractivity contribution < 1.29 is 24.0 Å². The number of halogens is 1. The number of carbonyl (C=O) groups is 3. The molecule has 0 unspecified atom stereocenters. The lowest BCUT2D eigenvalue weighted by atomic mass is 10.1. The van der Waals surface area contributed by atoms with Crippen LogP contribution in [0.15, 0.2) is 23.1 Å². The van der Waals surface area contributed by atoms with Crippen LogP contribution in [0.5, 0.6) is 0 Å². The summed E-state index contributed by atoms with van der Waals surface area (Å²) >= 11 is 6.59. The lowest BCUT2D eigenvalue weighted by Gasteiger charge is -2.18. The number of carbonyl (C=O) groups excluding carboxylic acids is 3. The van der Waals surface area contributed by atoms with Crippen LogP contribution in [0.25, 0.3) is 6.08 Å². The van der Waals surface area contributed by atoms with Crippen molar-refractivity contribution in [2.45, 2.75) is 13.0 Å². The minimum absolute atomic E-state index is 0.0122. The Morgan fingerprint density at radius 2 is 2.12 bits per heavy atom. The van der Waals surface area contributed by atoms with Gasteiger partial charge < -0.3 is 4.74 Å². The number of nitro benzene ring substituents is 1. The summed E-state index contributed by atoms with van der Waals surface area (Å²) < 4.78 is 4.53. The van der Waals surface area contributed by atoms with Gasteiger partial charge in [-0.2, -0.15) is 0 Å². The van der Waals surface area contributed by atoms with E-state index >= 15 is 0 Å².